The van der Waals surface area contributed by atoms with Crippen molar-refractivity contribution in [3.8, 4) is 0 Å². The summed E-state index contributed by atoms with van der Waals surface area (Å²) in [5.74, 6) is -0.760. The highest BCUT2D eigenvalue weighted by molar-refractivity contribution is 6.15. The third kappa shape index (κ3) is 5.25. The Morgan fingerprint density at radius 3 is 2.27 bits per heavy atom. The fourth-order valence-electron chi connectivity index (χ4n) is 2.75. The van der Waals surface area contributed by atoms with Crippen LogP contribution in [0.2, 0.25) is 0 Å². The van der Waals surface area contributed by atoms with Crippen molar-refractivity contribution >= 4 is 17.4 Å². The zero-order valence-electron chi connectivity index (χ0n) is 15.2. The van der Waals surface area contributed by atoms with Gasteiger partial charge in [0, 0.05) is 12.1 Å². The molecule has 5 nitrogen and oxygen atoms in total. The van der Waals surface area contributed by atoms with E-state index in [1.807, 2.05) is 49.4 Å². The second kappa shape index (κ2) is 9.27. The van der Waals surface area contributed by atoms with E-state index >= 15 is 0 Å². The van der Waals surface area contributed by atoms with E-state index in [0.29, 0.717) is 18.7 Å². The standard InChI is InChI=1S/C21H27N3O2/c1-16-9-11-18(12-10-16)24-20(26)21(23,13-5-6-14-22)19(25)15-17-7-3-2-4-8-17/h2-4,7-12H,5-6,13-15,22-23H2,1H3,(H,24,26)/t21-/m1/s1. The summed E-state index contributed by atoms with van der Waals surface area (Å²) in [6.07, 6.45) is 1.74. The Kier molecular flexibility index (Phi) is 7.06. The highest BCUT2D eigenvalue weighted by atomic mass is 16.2. The van der Waals surface area contributed by atoms with E-state index in [1.54, 1.807) is 12.1 Å². The number of aryl methyl sites for hydroxylation is 1. The lowest BCUT2D eigenvalue weighted by atomic mass is 9.84. The monoisotopic (exact) mass is 353 g/mol. The number of unbranched alkanes of at least 4 members (excludes halogenated alkanes) is 1. The normalized spacial score (nSPS) is 13.0. The van der Waals surface area contributed by atoms with Crippen molar-refractivity contribution in [2.24, 2.45) is 11.5 Å². The van der Waals surface area contributed by atoms with Gasteiger partial charge < -0.3 is 16.8 Å². The van der Waals surface area contributed by atoms with E-state index in [4.69, 9.17) is 11.5 Å². The van der Waals surface area contributed by atoms with Gasteiger partial charge in [0.25, 0.3) is 5.91 Å². The lowest BCUT2D eigenvalue weighted by Crippen LogP contribution is -2.58. The Labute approximate surface area is 154 Å². The van der Waals surface area contributed by atoms with E-state index in [-0.39, 0.29) is 18.6 Å². The molecule has 0 bridgehead atoms. The molecule has 0 radical (unpaired) electrons. The first-order valence-corrected chi connectivity index (χ1v) is 8.90. The Hall–Kier alpha value is -2.50. The number of hydrogen-bond acceptors (Lipinski definition) is 4. The first kappa shape index (κ1) is 19.8. The molecule has 0 saturated carbocycles. The maximum atomic E-state index is 12.9. The minimum absolute atomic E-state index is 0.126. The largest absolute Gasteiger partial charge is 0.330 e. The topological polar surface area (TPSA) is 98.2 Å². The lowest BCUT2D eigenvalue weighted by Gasteiger charge is -2.27. The van der Waals surface area contributed by atoms with Crippen LogP contribution < -0.4 is 16.8 Å². The van der Waals surface area contributed by atoms with E-state index in [2.05, 4.69) is 5.32 Å². The van der Waals surface area contributed by atoms with Crippen molar-refractivity contribution in [2.75, 3.05) is 11.9 Å². The Morgan fingerprint density at radius 2 is 1.65 bits per heavy atom. The van der Waals surface area contributed by atoms with Gasteiger partial charge in [0.15, 0.2) is 11.3 Å². The highest BCUT2D eigenvalue weighted by Crippen LogP contribution is 2.19. The molecule has 2 aromatic carbocycles. The molecular weight excluding hydrogens is 326 g/mol. The van der Waals surface area contributed by atoms with Gasteiger partial charge in [-0.3, -0.25) is 9.59 Å². The molecule has 0 fully saturated rings. The molecule has 2 rings (SSSR count). The van der Waals surface area contributed by atoms with Crippen LogP contribution in [0.15, 0.2) is 54.6 Å². The van der Waals surface area contributed by atoms with Crippen LogP contribution in [0.3, 0.4) is 0 Å². The number of carbonyl (C=O) groups is 2. The van der Waals surface area contributed by atoms with Crippen molar-refractivity contribution in [2.45, 2.75) is 38.1 Å². The number of ketones is 1. The number of hydrogen-bond donors (Lipinski definition) is 3. The minimum Gasteiger partial charge on any atom is -0.330 e. The molecule has 26 heavy (non-hydrogen) atoms. The van der Waals surface area contributed by atoms with E-state index < -0.39 is 11.4 Å². The molecule has 0 aliphatic rings. The molecule has 0 unspecified atom stereocenters. The summed E-state index contributed by atoms with van der Waals surface area (Å²) >= 11 is 0. The second-order valence-electron chi connectivity index (χ2n) is 6.62. The van der Waals surface area contributed by atoms with Crippen LogP contribution in [0, 0.1) is 6.92 Å². The van der Waals surface area contributed by atoms with Crippen molar-refractivity contribution < 1.29 is 9.59 Å². The van der Waals surface area contributed by atoms with Gasteiger partial charge in [0.2, 0.25) is 0 Å². The average Bonchev–Trinajstić information content (AvgIpc) is 2.64. The molecule has 2 aromatic rings. The predicted molar refractivity (Wildman–Crippen MR) is 105 cm³/mol. The van der Waals surface area contributed by atoms with Crippen LogP contribution in [0.5, 0.6) is 0 Å². The van der Waals surface area contributed by atoms with Gasteiger partial charge in [0.1, 0.15) is 0 Å². The first-order valence-electron chi connectivity index (χ1n) is 8.90. The number of Topliss-reactive ketones (excluding diaryl/α,β-unsaturated/α-hetero) is 1. The molecule has 5 heteroatoms. The van der Waals surface area contributed by atoms with Crippen molar-refractivity contribution in [3.63, 3.8) is 0 Å². The third-order valence-corrected chi connectivity index (χ3v) is 4.44. The Balaban J connectivity index is 2.17. The summed E-state index contributed by atoms with van der Waals surface area (Å²) in [6.45, 7) is 2.47. The molecule has 1 amide bonds. The number of nitrogens with two attached hydrogens (primary N) is 2. The molecule has 0 aromatic heterocycles. The fraction of sp³-hybridized carbons (Fsp3) is 0.333. The Morgan fingerprint density at radius 1 is 1.00 bits per heavy atom. The summed E-state index contributed by atoms with van der Waals surface area (Å²) < 4.78 is 0. The van der Waals surface area contributed by atoms with Gasteiger partial charge in [-0.15, -0.1) is 0 Å². The summed E-state index contributed by atoms with van der Waals surface area (Å²) in [5, 5.41) is 2.79. The van der Waals surface area contributed by atoms with Gasteiger partial charge in [-0.05, 0) is 50.4 Å². The zero-order valence-corrected chi connectivity index (χ0v) is 15.2. The molecule has 0 spiro atoms. The van der Waals surface area contributed by atoms with Crippen LogP contribution in [0.4, 0.5) is 5.69 Å². The van der Waals surface area contributed by atoms with Crippen LogP contribution in [0.25, 0.3) is 0 Å². The zero-order chi connectivity index (χ0) is 19.0. The molecule has 0 saturated heterocycles. The first-order chi connectivity index (χ1) is 12.5. The second-order valence-corrected chi connectivity index (χ2v) is 6.62. The predicted octanol–water partition coefficient (Wildman–Crippen LogP) is 2.57. The molecule has 0 heterocycles. The number of anilines is 1. The maximum absolute atomic E-state index is 12.9. The fourth-order valence-corrected chi connectivity index (χ4v) is 2.75. The molecule has 1 atom stereocenters. The third-order valence-electron chi connectivity index (χ3n) is 4.44. The van der Waals surface area contributed by atoms with Crippen LogP contribution in [-0.2, 0) is 16.0 Å². The molecule has 0 aliphatic heterocycles. The number of rotatable bonds is 9. The average molecular weight is 353 g/mol. The van der Waals surface area contributed by atoms with Crippen LogP contribution >= 0.6 is 0 Å². The highest BCUT2D eigenvalue weighted by Gasteiger charge is 2.40. The summed E-state index contributed by atoms with van der Waals surface area (Å²) in [7, 11) is 0. The van der Waals surface area contributed by atoms with Crippen molar-refractivity contribution in [1.29, 1.82) is 0 Å². The van der Waals surface area contributed by atoms with Gasteiger partial charge in [-0.2, -0.15) is 0 Å². The van der Waals surface area contributed by atoms with Gasteiger partial charge in [-0.25, -0.2) is 0 Å². The number of carbonyl (C=O) groups excluding carboxylic acids is 2. The Bertz CT molecular complexity index is 729. The van der Waals surface area contributed by atoms with Gasteiger partial charge >= 0.3 is 0 Å². The lowest BCUT2D eigenvalue weighted by molar-refractivity contribution is -0.133. The van der Waals surface area contributed by atoms with Gasteiger partial charge in [0.05, 0.1) is 0 Å². The number of nitrogens with one attached hydrogen (secondary N) is 1. The van der Waals surface area contributed by atoms with Crippen LogP contribution in [0.1, 0.15) is 30.4 Å². The number of benzene rings is 2. The summed E-state index contributed by atoms with van der Waals surface area (Å²) in [4.78, 5) is 25.8. The molecule has 138 valence electrons. The van der Waals surface area contributed by atoms with E-state index in [9.17, 15) is 9.59 Å². The van der Waals surface area contributed by atoms with E-state index in [0.717, 1.165) is 17.5 Å². The maximum Gasteiger partial charge on any atom is 0.252 e. The SMILES string of the molecule is Cc1ccc(NC(=O)[C@@](N)(CCCCN)C(=O)Cc2ccccc2)cc1. The molecule has 0 aliphatic carbocycles. The van der Waals surface area contributed by atoms with Crippen molar-refractivity contribution in [1.82, 2.24) is 0 Å². The smallest absolute Gasteiger partial charge is 0.252 e. The molecular formula is C21H27N3O2. The summed E-state index contributed by atoms with van der Waals surface area (Å²) in [5.41, 5.74) is 12.9. The summed E-state index contributed by atoms with van der Waals surface area (Å²) in [6, 6.07) is 16.7. The van der Waals surface area contributed by atoms with Crippen molar-refractivity contribution in [3.05, 3.63) is 65.7 Å². The van der Waals surface area contributed by atoms with E-state index in [1.165, 1.54) is 0 Å². The quantitative estimate of drug-likeness (QED) is 0.477. The van der Waals surface area contributed by atoms with Gasteiger partial charge in [-0.1, -0.05) is 48.0 Å². The van der Waals surface area contributed by atoms with Crippen LogP contribution in [-0.4, -0.2) is 23.8 Å². The minimum atomic E-state index is -1.57. The molecule has 5 N–H and O–H groups in total. The number of amides is 1.